The minimum atomic E-state index is -0.567. The summed E-state index contributed by atoms with van der Waals surface area (Å²) >= 11 is 0. The summed E-state index contributed by atoms with van der Waals surface area (Å²) in [7, 11) is 0. The van der Waals surface area contributed by atoms with Crippen LogP contribution in [0.25, 0.3) is 0 Å². The zero-order chi connectivity index (χ0) is 20.5. The average Bonchev–Trinajstić information content (AvgIpc) is 3.00. The molecule has 0 bridgehead atoms. The number of nitrogens with one attached hydrogen (secondary N) is 1. The molecule has 3 amide bonds. The summed E-state index contributed by atoms with van der Waals surface area (Å²) in [5.41, 5.74) is 8.62. The van der Waals surface area contributed by atoms with Gasteiger partial charge in [0.25, 0.3) is 5.91 Å². The molecule has 8 nitrogen and oxygen atoms in total. The van der Waals surface area contributed by atoms with Crippen molar-refractivity contribution in [1.82, 2.24) is 20.0 Å². The van der Waals surface area contributed by atoms with Crippen LogP contribution in [0, 0.1) is 0 Å². The van der Waals surface area contributed by atoms with Gasteiger partial charge in [-0.25, -0.2) is 0 Å². The molecule has 2 fully saturated rings. The lowest BCUT2D eigenvalue weighted by atomic mass is 10.0. The van der Waals surface area contributed by atoms with Crippen molar-refractivity contribution in [3.8, 4) is 0 Å². The molecule has 3 aliphatic rings. The first-order chi connectivity index (χ1) is 13.9. The van der Waals surface area contributed by atoms with Gasteiger partial charge in [-0.15, -0.1) is 0 Å². The van der Waals surface area contributed by atoms with Crippen molar-refractivity contribution in [3.63, 3.8) is 0 Å². The average molecular weight is 399 g/mol. The van der Waals surface area contributed by atoms with Gasteiger partial charge in [-0.2, -0.15) is 0 Å². The summed E-state index contributed by atoms with van der Waals surface area (Å²) in [6.45, 7) is 7.94. The fraction of sp³-hybridized carbons (Fsp3) is 0.571. The van der Waals surface area contributed by atoms with E-state index in [2.05, 4.69) is 15.1 Å². The molecule has 3 aliphatic heterocycles. The molecular formula is C21H29N5O3. The van der Waals surface area contributed by atoms with Crippen molar-refractivity contribution in [1.29, 1.82) is 0 Å². The first-order valence-corrected chi connectivity index (χ1v) is 10.4. The molecule has 0 spiro atoms. The van der Waals surface area contributed by atoms with Gasteiger partial charge >= 0.3 is 0 Å². The first-order valence-electron chi connectivity index (χ1n) is 10.4. The number of fused-ring (bicyclic) bond motifs is 1. The molecule has 3 heterocycles. The smallest absolute Gasteiger partial charge is 0.255 e. The van der Waals surface area contributed by atoms with Gasteiger partial charge in [0.2, 0.25) is 11.8 Å². The maximum atomic E-state index is 13.2. The first kappa shape index (κ1) is 20.0. The Hall–Kier alpha value is -2.29. The number of hydrogen-bond donors (Lipinski definition) is 2. The van der Waals surface area contributed by atoms with Gasteiger partial charge in [0, 0.05) is 63.8 Å². The van der Waals surface area contributed by atoms with Gasteiger partial charge in [-0.05, 0) is 24.5 Å². The van der Waals surface area contributed by atoms with Crippen LogP contribution in [-0.2, 0) is 22.7 Å². The summed E-state index contributed by atoms with van der Waals surface area (Å²) in [5.74, 6) is -0.728. The molecule has 29 heavy (non-hydrogen) atoms. The second-order valence-corrected chi connectivity index (χ2v) is 8.41. The second kappa shape index (κ2) is 8.22. The van der Waals surface area contributed by atoms with E-state index in [-0.39, 0.29) is 30.2 Å². The monoisotopic (exact) mass is 399 g/mol. The number of benzene rings is 1. The van der Waals surface area contributed by atoms with E-state index in [0.717, 1.165) is 56.0 Å². The third-order valence-corrected chi connectivity index (χ3v) is 6.04. The predicted octanol–water partition coefficient (Wildman–Crippen LogP) is -0.0876. The summed E-state index contributed by atoms with van der Waals surface area (Å²) in [5, 5.41) is 2.36. The summed E-state index contributed by atoms with van der Waals surface area (Å²) < 4.78 is 0. The molecule has 1 aromatic rings. The molecule has 0 radical (unpaired) electrons. The van der Waals surface area contributed by atoms with E-state index in [1.165, 1.54) is 0 Å². The van der Waals surface area contributed by atoms with Crippen LogP contribution in [0.4, 0.5) is 0 Å². The van der Waals surface area contributed by atoms with E-state index in [1.54, 1.807) is 4.90 Å². The number of carbonyl (C=O) groups excluding carboxylic acids is 3. The Kier molecular flexibility index (Phi) is 5.67. The highest BCUT2D eigenvalue weighted by Gasteiger charge is 2.40. The van der Waals surface area contributed by atoms with E-state index in [1.807, 2.05) is 25.1 Å². The largest absolute Gasteiger partial charge is 0.327 e. The zero-order valence-electron chi connectivity index (χ0n) is 16.9. The minimum Gasteiger partial charge on any atom is -0.327 e. The van der Waals surface area contributed by atoms with Crippen LogP contribution in [0.2, 0.25) is 0 Å². The molecule has 1 unspecified atom stereocenters. The van der Waals surface area contributed by atoms with E-state index < -0.39 is 6.04 Å². The Morgan fingerprint density at radius 3 is 2.55 bits per heavy atom. The van der Waals surface area contributed by atoms with Crippen molar-refractivity contribution >= 4 is 17.7 Å². The molecular weight excluding hydrogens is 370 g/mol. The Labute approximate surface area is 171 Å². The summed E-state index contributed by atoms with van der Waals surface area (Å²) in [6, 6.07) is 5.57. The topological polar surface area (TPSA) is 99.0 Å². The molecule has 0 aliphatic carbocycles. The molecule has 156 valence electrons. The molecule has 0 aromatic heterocycles. The molecule has 4 rings (SSSR count). The van der Waals surface area contributed by atoms with Crippen LogP contribution >= 0.6 is 0 Å². The van der Waals surface area contributed by atoms with Crippen molar-refractivity contribution in [2.75, 3.05) is 32.7 Å². The lowest BCUT2D eigenvalue weighted by Crippen LogP contribution is -2.52. The number of piperidine rings is 1. The SMILES string of the molecule is C[C@H](N)CN1CCN(Cc2cccc3c2C(=O)N(C2CCC(=O)NC2=O)C3)CC1. The number of imide groups is 1. The third kappa shape index (κ3) is 4.19. The maximum Gasteiger partial charge on any atom is 0.255 e. The zero-order valence-corrected chi connectivity index (χ0v) is 16.9. The summed E-state index contributed by atoms with van der Waals surface area (Å²) in [6.07, 6.45) is 0.663. The Morgan fingerprint density at radius 2 is 1.86 bits per heavy atom. The number of nitrogens with zero attached hydrogens (tertiary/aromatic N) is 3. The third-order valence-electron chi connectivity index (χ3n) is 6.04. The van der Waals surface area contributed by atoms with Crippen LogP contribution in [0.15, 0.2) is 18.2 Å². The normalized spacial score (nSPS) is 24.6. The predicted molar refractivity (Wildman–Crippen MR) is 108 cm³/mol. The number of nitrogens with two attached hydrogens (primary N) is 1. The molecule has 8 heteroatoms. The molecule has 2 saturated heterocycles. The highest BCUT2D eigenvalue weighted by Crippen LogP contribution is 2.30. The molecule has 3 N–H and O–H groups in total. The molecule has 1 aromatic carbocycles. The van der Waals surface area contributed by atoms with Crippen LogP contribution in [-0.4, -0.2) is 77.2 Å². The highest BCUT2D eigenvalue weighted by atomic mass is 16.2. The number of hydrogen-bond acceptors (Lipinski definition) is 6. The summed E-state index contributed by atoms with van der Waals surface area (Å²) in [4.78, 5) is 43.2. The number of carbonyl (C=O) groups is 3. The van der Waals surface area contributed by atoms with E-state index in [9.17, 15) is 14.4 Å². The van der Waals surface area contributed by atoms with Crippen molar-refractivity contribution < 1.29 is 14.4 Å². The van der Waals surface area contributed by atoms with Crippen LogP contribution in [0.5, 0.6) is 0 Å². The van der Waals surface area contributed by atoms with E-state index in [4.69, 9.17) is 5.73 Å². The van der Waals surface area contributed by atoms with Crippen LogP contribution in [0.3, 0.4) is 0 Å². The van der Waals surface area contributed by atoms with E-state index >= 15 is 0 Å². The minimum absolute atomic E-state index is 0.0966. The Morgan fingerprint density at radius 1 is 1.14 bits per heavy atom. The van der Waals surface area contributed by atoms with Crippen molar-refractivity contribution in [3.05, 3.63) is 34.9 Å². The lowest BCUT2D eigenvalue weighted by Gasteiger charge is -2.35. The highest BCUT2D eigenvalue weighted by molar-refractivity contribution is 6.05. The van der Waals surface area contributed by atoms with E-state index in [0.29, 0.717) is 13.0 Å². The number of rotatable bonds is 5. The van der Waals surface area contributed by atoms with Crippen LogP contribution < -0.4 is 11.1 Å². The standard InChI is InChI=1S/C21H29N5O3/c1-14(22)11-24-7-9-25(10-8-24)12-15-3-2-4-16-13-26(21(29)19(15)16)17-5-6-18(27)23-20(17)28/h2-4,14,17H,5-13,22H2,1H3,(H,23,27,28)/t14-,17?/m0/s1. The fourth-order valence-corrected chi connectivity index (χ4v) is 4.60. The van der Waals surface area contributed by atoms with Crippen LogP contribution in [0.1, 0.15) is 41.3 Å². The van der Waals surface area contributed by atoms with Crippen molar-refractivity contribution in [2.24, 2.45) is 5.73 Å². The van der Waals surface area contributed by atoms with Gasteiger partial charge in [0.05, 0.1) is 0 Å². The Bertz CT molecular complexity index is 817. The quantitative estimate of drug-likeness (QED) is 0.672. The maximum absolute atomic E-state index is 13.2. The number of amides is 3. The lowest BCUT2D eigenvalue weighted by molar-refractivity contribution is -0.136. The number of piperazine rings is 1. The fourth-order valence-electron chi connectivity index (χ4n) is 4.60. The molecule has 0 saturated carbocycles. The van der Waals surface area contributed by atoms with Gasteiger partial charge in [0.1, 0.15) is 6.04 Å². The molecule has 2 atom stereocenters. The second-order valence-electron chi connectivity index (χ2n) is 8.41. The van der Waals surface area contributed by atoms with Gasteiger partial charge in [0.15, 0.2) is 0 Å². The van der Waals surface area contributed by atoms with Gasteiger partial charge < -0.3 is 10.6 Å². The van der Waals surface area contributed by atoms with Gasteiger partial charge in [-0.3, -0.25) is 29.5 Å². The Balaban J connectivity index is 1.44. The van der Waals surface area contributed by atoms with Crippen molar-refractivity contribution in [2.45, 2.75) is 44.9 Å². The van der Waals surface area contributed by atoms with Gasteiger partial charge in [-0.1, -0.05) is 18.2 Å².